The first-order valence-electron chi connectivity index (χ1n) is 9.17. The molecule has 3 aromatic carbocycles. The Labute approximate surface area is 172 Å². The molecule has 0 aliphatic rings. The fraction of sp³-hybridized carbons (Fsp3) is 0.0909. The number of rotatable bonds is 7. The van der Waals surface area contributed by atoms with E-state index in [0.29, 0.717) is 29.3 Å². The van der Waals surface area contributed by atoms with E-state index >= 15 is 0 Å². The number of nitro benzene ring substituents is 1. The van der Waals surface area contributed by atoms with Crippen molar-refractivity contribution in [1.29, 1.82) is 0 Å². The highest BCUT2D eigenvalue weighted by atomic mass is 16.6. The standard InChI is InChI=1S/C22H19N3O5/c1-2-30-18-13-11-17(12-14-18)23-21(26)15-7-9-16(10-8-15)24-22(27)19-5-3-4-6-20(19)25(28)29/h3-14H,2H2,1H3,(H,23,26)(H,24,27). The van der Waals surface area contributed by atoms with E-state index < -0.39 is 10.8 Å². The smallest absolute Gasteiger partial charge is 0.282 e. The van der Waals surface area contributed by atoms with Gasteiger partial charge in [0, 0.05) is 23.0 Å². The van der Waals surface area contributed by atoms with Gasteiger partial charge in [-0.05, 0) is 61.5 Å². The number of anilines is 2. The van der Waals surface area contributed by atoms with Gasteiger partial charge in [-0.15, -0.1) is 0 Å². The van der Waals surface area contributed by atoms with Gasteiger partial charge in [0.05, 0.1) is 11.5 Å². The Morgan fingerprint density at radius 1 is 0.867 bits per heavy atom. The summed E-state index contributed by atoms with van der Waals surface area (Å²) in [5, 5.41) is 16.4. The zero-order valence-corrected chi connectivity index (χ0v) is 16.1. The van der Waals surface area contributed by atoms with E-state index in [1.807, 2.05) is 6.92 Å². The zero-order chi connectivity index (χ0) is 21.5. The van der Waals surface area contributed by atoms with Crippen molar-refractivity contribution in [3.05, 3.63) is 94.0 Å². The number of carbonyl (C=O) groups excluding carboxylic acids is 2. The number of nitrogens with one attached hydrogen (secondary N) is 2. The van der Waals surface area contributed by atoms with Crippen molar-refractivity contribution in [3.8, 4) is 5.75 Å². The number of amides is 2. The topological polar surface area (TPSA) is 111 Å². The summed E-state index contributed by atoms with van der Waals surface area (Å²) >= 11 is 0. The van der Waals surface area contributed by atoms with Gasteiger partial charge < -0.3 is 15.4 Å². The molecule has 8 heteroatoms. The molecule has 3 aromatic rings. The minimum absolute atomic E-state index is 0.0418. The van der Waals surface area contributed by atoms with E-state index in [1.54, 1.807) is 54.6 Å². The summed E-state index contributed by atoms with van der Waals surface area (Å²) < 4.78 is 5.36. The number of ether oxygens (including phenoxy) is 1. The lowest BCUT2D eigenvalue weighted by Crippen LogP contribution is -2.15. The second kappa shape index (κ2) is 9.33. The number of nitrogens with zero attached hydrogens (tertiary/aromatic N) is 1. The first-order chi connectivity index (χ1) is 14.5. The Morgan fingerprint density at radius 3 is 2.03 bits per heavy atom. The summed E-state index contributed by atoms with van der Waals surface area (Å²) in [5.74, 6) is -0.195. The summed E-state index contributed by atoms with van der Waals surface area (Å²) in [4.78, 5) is 35.2. The zero-order valence-electron chi connectivity index (χ0n) is 16.1. The van der Waals surface area contributed by atoms with Crippen molar-refractivity contribution < 1.29 is 19.2 Å². The lowest BCUT2D eigenvalue weighted by Gasteiger charge is -2.09. The minimum atomic E-state index is -0.608. The van der Waals surface area contributed by atoms with E-state index in [1.165, 1.54) is 18.2 Å². The van der Waals surface area contributed by atoms with Crippen LogP contribution in [0.4, 0.5) is 17.1 Å². The molecule has 152 valence electrons. The Kier molecular flexibility index (Phi) is 6.39. The fourth-order valence-corrected chi connectivity index (χ4v) is 2.73. The quantitative estimate of drug-likeness (QED) is 0.444. The molecule has 0 saturated heterocycles. The van der Waals surface area contributed by atoms with Crippen LogP contribution in [0.5, 0.6) is 5.75 Å². The number of hydrogen-bond donors (Lipinski definition) is 2. The molecule has 0 aliphatic heterocycles. The maximum Gasteiger partial charge on any atom is 0.282 e. The van der Waals surface area contributed by atoms with Gasteiger partial charge in [0.15, 0.2) is 0 Å². The summed E-state index contributed by atoms with van der Waals surface area (Å²) in [6.45, 7) is 2.45. The second-order valence-corrected chi connectivity index (χ2v) is 6.22. The molecular formula is C22H19N3O5. The summed E-state index contributed by atoms with van der Waals surface area (Å²) in [7, 11) is 0. The summed E-state index contributed by atoms with van der Waals surface area (Å²) in [6.07, 6.45) is 0. The first kappa shape index (κ1) is 20.5. The maximum absolute atomic E-state index is 12.4. The van der Waals surface area contributed by atoms with Crippen LogP contribution >= 0.6 is 0 Å². The second-order valence-electron chi connectivity index (χ2n) is 6.22. The van der Waals surface area contributed by atoms with E-state index in [9.17, 15) is 19.7 Å². The molecule has 2 amide bonds. The molecule has 2 N–H and O–H groups in total. The van der Waals surface area contributed by atoms with Crippen molar-refractivity contribution in [2.75, 3.05) is 17.2 Å². The van der Waals surface area contributed by atoms with E-state index in [4.69, 9.17) is 4.74 Å². The normalized spacial score (nSPS) is 10.2. The molecule has 0 atom stereocenters. The first-order valence-corrected chi connectivity index (χ1v) is 9.17. The molecule has 0 radical (unpaired) electrons. The molecule has 3 rings (SSSR count). The molecule has 30 heavy (non-hydrogen) atoms. The molecule has 0 spiro atoms. The average molecular weight is 405 g/mol. The maximum atomic E-state index is 12.4. The predicted molar refractivity (Wildman–Crippen MR) is 113 cm³/mol. The van der Waals surface area contributed by atoms with Gasteiger partial charge in [-0.2, -0.15) is 0 Å². The van der Waals surface area contributed by atoms with Crippen LogP contribution in [0.3, 0.4) is 0 Å². The monoisotopic (exact) mass is 405 g/mol. The van der Waals surface area contributed by atoms with Gasteiger partial charge in [-0.1, -0.05) is 12.1 Å². The third-order valence-electron chi connectivity index (χ3n) is 4.17. The van der Waals surface area contributed by atoms with E-state index in [0.717, 1.165) is 0 Å². The van der Waals surface area contributed by atoms with Gasteiger partial charge in [-0.25, -0.2) is 0 Å². The highest BCUT2D eigenvalue weighted by Gasteiger charge is 2.19. The van der Waals surface area contributed by atoms with Crippen molar-refractivity contribution in [1.82, 2.24) is 0 Å². The molecule has 0 bridgehead atoms. The largest absolute Gasteiger partial charge is 0.494 e. The van der Waals surface area contributed by atoms with Crippen LogP contribution in [0.1, 0.15) is 27.6 Å². The molecule has 0 fully saturated rings. The van der Waals surface area contributed by atoms with Crippen LogP contribution in [0, 0.1) is 10.1 Å². The van der Waals surface area contributed by atoms with Crippen molar-refractivity contribution >= 4 is 28.9 Å². The number of para-hydroxylation sites is 1. The summed E-state index contributed by atoms with van der Waals surface area (Å²) in [6, 6.07) is 18.9. The molecule has 0 aromatic heterocycles. The summed E-state index contributed by atoms with van der Waals surface area (Å²) in [5.41, 5.74) is 1.11. The number of benzene rings is 3. The Balaban J connectivity index is 1.65. The van der Waals surface area contributed by atoms with Crippen molar-refractivity contribution in [2.24, 2.45) is 0 Å². The Hall–Kier alpha value is -4.20. The van der Waals surface area contributed by atoms with Crippen LogP contribution in [-0.4, -0.2) is 23.3 Å². The van der Waals surface area contributed by atoms with Crippen LogP contribution < -0.4 is 15.4 Å². The van der Waals surface area contributed by atoms with Crippen molar-refractivity contribution in [2.45, 2.75) is 6.92 Å². The molecule has 0 unspecified atom stereocenters. The van der Waals surface area contributed by atoms with Gasteiger partial charge in [0.2, 0.25) is 0 Å². The highest BCUT2D eigenvalue weighted by Crippen LogP contribution is 2.20. The molecule has 8 nitrogen and oxygen atoms in total. The Bertz CT molecular complexity index is 1060. The number of nitro groups is 1. The SMILES string of the molecule is CCOc1ccc(NC(=O)c2ccc(NC(=O)c3ccccc3[N+](=O)[O-])cc2)cc1. The lowest BCUT2D eigenvalue weighted by molar-refractivity contribution is -0.385. The molecule has 0 saturated carbocycles. The lowest BCUT2D eigenvalue weighted by atomic mass is 10.1. The Morgan fingerprint density at radius 2 is 1.43 bits per heavy atom. The van der Waals surface area contributed by atoms with Crippen LogP contribution in [0.2, 0.25) is 0 Å². The predicted octanol–water partition coefficient (Wildman–Crippen LogP) is 4.50. The van der Waals surface area contributed by atoms with E-state index in [-0.39, 0.29) is 17.2 Å². The van der Waals surface area contributed by atoms with E-state index in [2.05, 4.69) is 10.6 Å². The highest BCUT2D eigenvalue weighted by molar-refractivity contribution is 6.08. The molecular weight excluding hydrogens is 386 g/mol. The van der Waals surface area contributed by atoms with Crippen molar-refractivity contribution in [3.63, 3.8) is 0 Å². The van der Waals surface area contributed by atoms with Gasteiger partial charge in [-0.3, -0.25) is 19.7 Å². The van der Waals surface area contributed by atoms with Gasteiger partial charge in [0.1, 0.15) is 11.3 Å². The minimum Gasteiger partial charge on any atom is -0.494 e. The third-order valence-corrected chi connectivity index (χ3v) is 4.17. The van der Waals surface area contributed by atoms with Crippen LogP contribution in [0.15, 0.2) is 72.8 Å². The fourth-order valence-electron chi connectivity index (χ4n) is 2.73. The third kappa shape index (κ3) is 4.99. The molecule has 0 aliphatic carbocycles. The number of hydrogen-bond acceptors (Lipinski definition) is 5. The average Bonchev–Trinajstić information content (AvgIpc) is 2.75. The van der Waals surface area contributed by atoms with Gasteiger partial charge >= 0.3 is 0 Å². The number of carbonyl (C=O) groups is 2. The van der Waals surface area contributed by atoms with Crippen LogP contribution in [0.25, 0.3) is 0 Å². The van der Waals surface area contributed by atoms with Crippen LogP contribution in [-0.2, 0) is 0 Å². The molecule has 0 heterocycles. The van der Waals surface area contributed by atoms with Gasteiger partial charge in [0.25, 0.3) is 17.5 Å².